The predicted molar refractivity (Wildman–Crippen MR) is 146 cm³/mol. The van der Waals surface area contributed by atoms with Crippen LogP contribution in [0.15, 0.2) is 54.7 Å². The first-order chi connectivity index (χ1) is 18.9. The molecule has 0 aliphatic carbocycles. The van der Waals surface area contributed by atoms with Crippen LogP contribution in [0.25, 0.3) is 10.2 Å². The Hall–Kier alpha value is -4.71. The van der Waals surface area contributed by atoms with Crippen LogP contribution in [0.4, 0.5) is 26.7 Å². The zero-order valence-corrected chi connectivity index (χ0v) is 21.7. The van der Waals surface area contributed by atoms with E-state index in [1.807, 2.05) is 30.3 Å². The molecule has 5 heterocycles. The number of aromatic nitrogens is 2. The number of thiophene rings is 1. The maximum Gasteiger partial charge on any atom is 0.407 e. The van der Waals surface area contributed by atoms with Crippen molar-refractivity contribution in [2.45, 2.75) is 25.8 Å². The molecule has 0 bridgehead atoms. The molecule has 3 aromatic heterocycles. The largest absolute Gasteiger partial charge is 0.465 e. The summed E-state index contributed by atoms with van der Waals surface area (Å²) in [6.45, 7) is 2.47. The summed E-state index contributed by atoms with van der Waals surface area (Å²) >= 11 is 1.18. The Morgan fingerprint density at radius 1 is 1.15 bits per heavy atom. The number of carbonyl (C=O) groups excluding carboxylic acids is 2. The van der Waals surface area contributed by atoms with Gasteiger partial charge in [0.1, 0.15) is 15.5 Å². The molecule has 1 aromatic carbocycles. The Balaban J connectivity index is 1.30. The van der Waals surface area contributed by atoms with Crippen molar-refractivity contribution in [2.24, 2.45) is 0 Å². The van der Waals surface area contributed by atoms with Gasteiger partial charge in [-0.3, -0.25) is 9.69 Å². The first-order valence-corrected chi connectivity index (χ1v) is 13.2. The number of carboxylic acid groups (broad SMARTS) is 1. The molecule has 11 nitrogen and oxygen atoms in total. The van der Waals surface area contributed by atoms with Crippen molar-refractivity contribution in [3.8, 4) is 11.6 Å². The van der Waals surface area contributed by atoms with Gasteiger partial charge in [0.15, 0.2) is 0 Å². The molecule has 4 aromatic rings. The fraction of sp³-hybridized carbons (Fsp3) is 0.222. The normalized spacial score (nSPS) is 16.6. The molecular formula is C27H24N6O5S. The Morgan fingerprint density at radius 2 is 1.97 bits per heavy atom. The lowest BCUT2D eigenvalue weighted by atomic mass is 10.1. The number of para-hydroxylation sites is 1. The summed E-state index contributed by atoms with van der Waals surface area (Å²) in [6, 6.07) is 13.8. The topological polar surface area (TPSA) is 137 Å². The minimum Gasteiger partial charge on any atom is -0.465 e. The van der Waals surface area contributed by atoms with Crippen molar-refractivity contribution in [1.29, 1.82) is 0 Å². The SMILES string of the molecule is Cc1nc(Oc2ccccc2)ccc1N1C(=O)Nc2c(C(=O)NC3CCCN(C(=O)O)C3)sc3nccc1c23. The summed E-state index contributed by atoms with van der Waals surface area (Å²) in [5, 5.41) is 15.8. The molecule has 1 fully saturated rings. The smallest absolute Gasteiger partial charge is 0.407 e. The van der Waals surface area contributed by atoms with Crippen LogP contribution in [-0.2, 0) is 0 Å². The van der Waals surface area contributed by atoms with Crippen molar-refractivity contribution in [1.82, 2.24) is 20.2 Å². The summed E-state index contributed by atoms with van der Waals surface area (Å²) in [4.78, 5) is 50.8. The van der Waals surface area contributed by atoms with Crippen LogP contribution in [0.2, 0.25) is 0 Å². The van der Waals surface area contributed by atoms with E-state index < -0.39 is 12.1 Å². The number of nitrogens with one attached hydrogen (secondary N) is 2. The molecule has 3 N–H and O–H groups in total. The maximum absolute atomic E-state index is 13.4. The molecule has 198 valence electrons. The number of urea groups is 1. The highest BCUT2D eigenvalue weighted by Gasteiger charge is 2.34. The standard InChI is InChI=1S/C27H24N6O5S/c1-15-18(9-10-20(29-15)38-17-7-3-2-4-8-17)33-19-11-12-28-25-21(19)22(31-26(33)35)23(39-25)24(34)30-16-6-5-13-32(14-16)27(36)37/h2-4,7-12,16H,5-6,13-14H2,1H3,(H,30,34)(H,31,35)(H,36,37). The van der Waals surface area contributed by atoms with Crippen molar-refractivity contribution < 1.29 is 24.2 Å². The van der Waals surface area contributed by atoms with Crippen molar-refractivity contribution >= 4 is 56.6 Å². The van der Waals surface area contributed by atoms with Gasteiger partial charge in [-0.2, -0.15) is 0 Å². The average Bonchev–Trinajstić information content (AvgIpc) is 3.30. The average molecular weight is 545 g/mol. The van der Waals surface area contributed by atoms with Gasteiger partial charge in [-0.1, -0.05) is 18.2 Å². The summed E-state index contributed by atoms with van der Waals surface area (Å²) in [6.07, 6.45) is 1.94. The molecule has 39 heavy (non-hydrogen) atoms. The minimum atomic E-state index is -1.00. The fourth-order valence-electron chi connectivity index (χ4n) is 4.94. The van der Waals surface area contributed by atoms with Crippen LogP contribution in [-0.4, -0.2) is 57.1 Å². The quantitative estimate of drug-likeness (QED) is 0.308. The summed E-state index contributed by atoms with van der Waals surface area (Å²) in [5.41, 5.74) is 2.14. The third-order valence-corrected chi connectivity index (χ3v) is 7.81. The number of piperidine rings is 1. The number of anilines is 3. The van der Waals surface area contributed by atoms with E-state index in [9.17, 15) is 19.5 Å². The molecule has 12 heteroatoms. The summed E-state index contributed by atoms with van der Waals surface area (Å²) in [7, 11) is 0. The van der Waals surface area contributed by atoms with Gasteiger partial charge in [-0.25, -0.2) is 19.6 Å². The molecular weight excluding hydrogens is 520 g/mol. The Morgan fingerprint density at radius 3 is 2.74 bits per heavy atom. The van der Waals surface area contributed by atoms with E-state index in [-0.39, 0.29) is 18.5 Å². The number of nitrogens with zero attached hydrogens (tertiary/aromatic N) is 4. The van der Waals surface area contributed by atoms with E-state index in [4.69, 9.17) is 4.74 Å². The maximum atomic E-state index is 13.4. The van der Waals surface area contributed by atoms with Crippen LogP contribution < -0.4 is 20.3 Å². The van der Waals surface area contributed by atoms with Gasteiger partial charge in [-0.15, -0.1) is 11.3 Å². The van der Waals surface area contributed by atoms with Crippen molar-refractivity contribution in [3.05, 3.63) is 65.3 Å². The Kier molecular flexibility index (Phi) is 6.23. The monoisotopic (exact) mass is 544 g/mol. The van der Waals surface area contributed by atoms with Gasteiger partial charge >= 0.3 is 12.1 Å². The number of benzene rings is 1. The Bertz CT molecular complexity index is 1610. The highest BCUT2D eigenvalue weighted by atomic mass is 32.1. The van der Waals surface area contributed by atoms with Crippen molar-refractivity contribution in [3.63, 3.8) is 0 Å². The van der Waals surface area contributed by atoms with E-state index in [0.29, 0.717) is 68.9 Å². The number of likely N-dealkylation sites (tertiary alicyclic amines) is 1. The Labute approximate surface area is 227 Å². The number of rotatable bonds is 5. The van der Waals surface area contributed by atoms with Crippen LogP contribution in [0.1, 0.15) is 28.2 Å². The summed E-state index contributed by atoms with van der Waals surface area (Å²) in [5.74, 6) is 0.686. The van der Waals surface area contributed by atoms with Crippen LogP contribution >= 0.6 is 11.3 Å². The molecule has 2 aliphatic rings. The fourth-order valence-corrected chi connectivity index (χ4v) is 5.96. The van der Waals surface area contributed by atoms with Crippen LogP contribution in [0.5, 0.6) is 11.6 Å². The number of pyridine rings is 2. The molecule has 0 spiro atoms. The van der Waals surface area contributed by atoms with E-state index >= 15 is 0 Å². The van der Waals surface area contributed by atoms with Gasteiger partial charge in [0, 0.05) is 31.4 Å². The minimum absolute atomic E-state index is 0.223. The number of amides is 4. The van der Waals surface area contributed by atoms with Gasteiger partial charge in [-0.05, 0) is 44.0 Å². The second kappa shape index (κ2) is 9.87. The van der Waals surface area contributed by atoms with Gasteiger partial charge in [0.25, 0.3) is 5.91 Å². The van der Waals surface area contributed by atoms with Gasteiger partial charge in [0.2, 0.25) is 5.88 Å². The highest BCUT2D eigenvalue weighted by Crippen LogP contribution is 2.46. The van der Waals surface area contributed by atoms with Crippen LogP contribution in [0, 0.1) is 6.92 Å². The zero-order chi connectivity index (χ0) is 27.1. The molecule has 1 saturated heterocycles. The highest BCUT2D eigenvalue weighted by molar-refractivity contribution is 7.21. The molecule has 0 radical (unpaired) electrons. The molecule has 2 aliphatic heterocycles. The van der Waals surface area contributed by atoms with Gasteiger partial charge < -0.3 is 25.4 Å². The number of ether oxygens (including phenoxy) is 1. The predicted octanol–water partition coefficient (Wildman–Crippen LogP) is 5.35. The number of carbonyl (C=O) groups is 3. The number of hydrogen-bond donors (Lipinski definition) is 3. The molecule has 1 unspecified atom stereocenters. The molecule has 4 amide bonds. The van der Waals surface area contributed by atoms with E-state index in [0.717, 1.165) is 0 Å². The first-order valence-electron chi connectivity index (χ1n) is 12.4. The molecule has 6 rings (SSSR count). The van der Waals surface area contributed by atoms with Gasteiger partial charge in [0.05, 0.1) is 28.1 Å². The summed E-state index contributed by atoms with van der Waals surface area (Å²) < 4.78 is 5.84. The lowest BCUT2D eigenvalue weighted by Crippen LogP contribution is -2.49. The lowest BCUT2D eigenvalue weighted by Gasteiger charge is -2.31. The van der Waals surface area contributed by atoms with Crippen LogP contribution in [0.3, 0.4) is 0 Å². The second-order valence-corrected chi connectivity index (χ2v) is 10.3. The zero-order valence-electron chi connectivity index (χ0n) is 20.9. The molecule has 1 atom stereocenters. The second-order valence-electron chi connectivity index (χ2n) is 9.29. The van der Waals surface area contributed by atoms with E-state index in [1.165, 1.54) is 21.1 Å². The third kappa shape index (κ3) is 4.59. The molecule has 0 saturated carbocycles. The number of hydrogen-bond acceptors (Lipinski definition) is 7. The van der Waals surface area contributed by atoms with E-state index in [1.54, 1.807) is 31.3 Å². The van der Waals surface area contributed by atoms with Crippen molar-refractivity contribution in [2.75, 3.05) is 23.3 Å². The van der Waals surface area contributed by atoms with E-state index in [2.05, 4.69) is 20.6 Å². The lowest BCUT2D eigenvalue weighted by molar-refractivity contribution is 0.0893. The third-order valence-electron chi connectivity index (χ3n) is 6.72. The number of aryl methyl sites for hydroxylation is 1. The first kappa shape index (κ1) is 24.6.